The maximum absolute atomic E-state index is 14.7. The molecule has 26 heavy (non-hydrogen) atoms. The van der Waals surface area contributed by atoms with E-state index in [0.29, 0.717) is 17.2 Å². The van der Waals surface area contributed by atoms with Gasteiger partial charge in [0.05, 0.1) is 12.7 Å². The van der Waals surface area contributed by atoms with Crippen LogP contribution in [0, 0.1) is 18.6 Å². The first-order valence-electron chi connectivity index (χ1n) is 8.58. The zero-order chi connectivity index (χ0) is 18.3. The maximum atomic E-state index is 14.7. The van der Waals surface area contributed by atoms with E-state index in [4.69, 9.17) is 4.74 Å². The molecule has 1 N–H and O–H groups in total. The van der Waals surface area contributed by atoms with Crippen LogP contribution < -0.4 is 10.1 Å². The minimum atomic E-state index is -0.544. The predicted molar refractivity (Wildman–Crippen MR) is 93.3 cm³/mol. The van der Waals surface area contributed by atoms with Gasteiger partial charge in [-0.2, -0.15) is 19.6 Å². The molecule has 8 heteroatoms. The minimum Gasteiger partial charge on any atom is -0.480 e. The number of ether oxygens (including phenoxy) is 1. The van der Waals surface area contributed by atoms with E-state index in [-0.39, 0.29) is 23.0 Å². The Morgan fingerprint density at radius 1 is 1.19 bits per heavy atom. The van der Waals surface area contributed by atoms with Gasteiger partial charge in [0.1, 0.15) is 23.8 Å². The van der Waals surface area contributed by atoms with E-state index >= 15 is 0 Å². The molecular formula is C18H19F2N5O. The predicted octanol–water partition coefficient (Wildman–Crippen LogP) is 3.74. The van der Waals surface area contributed by atoms with Crippen LogP contribution in [0.3, 0.4) is 0 Å². The van der Waals surface area contributed by atoms with Gasteiger partial charge in [-0.1, -0.05) is 12.8 Å². The SMILES string of the molecule is COc1nc2ncnn2c(NC2CCCC2)c1-c1cc(F)c(C)cc1F. The summed E-state index contributed by atoms with van der Waals surface area (Å²) < 4.78 is 35.8. The summed E-state index contributed by atoms with van der Waals surface area (Å²) in [6, 6.07) is 2.58. The third-order valence-corrected chi connectivity index (χ3v) is 4.80. The molecule has 136 valence electrons. The summed E-state index contributed by atoms with van der Waals surface area (Å²) in [5, 5.41) is 7.63. The fraction of sp³-hybridized carbons (Fsp3) is 0.389. The van der Waals surface area contributed by atoms with Crippen LogP contribution in [0.5, 0.6) is 5.88 Å². The molecule has 0 radical (unpaired) electrons. The summed E-state index contributed by atoms with van der Waals surface area (Å²) in [5.74, 6) is -0.0162. The Morgan fingerprint density at radius 2 is 1.96 bits per heavy atom. The Balaban J connectivity index is 1.98. The molecule has 0 unspecified atom stereocenters. The van der Waals surface area contributed by atoms with Gasteiger partial charge in [-0.15, -0.1) is 0 Å². The highest BCUT2D eigenvalue weighted by atomic mass is 19.1. The molecule has 0 saturated heterocycles. The van der Waals surface area contributed by atoms with Gasteiger partial charge in [0, 0.05) is 11.6 Å². The van der Waals surface area contributed by atoms with Crippen molar-refractivity contribution in [2.24, 2.45) is 0 Å². The van der Waals surface area contributed by atoms with Crippen molar-refractivity contribution in [3.05, 3.63) is 35.7 Å². The van der Waals surface area contributed by atoms with E-state index in [9.17, 15) is 8.78 Å². The van der Waals surface area contributed by atoms with E-state index in [1.54, 1.807) is 0 Å². The molecule has 1 saturated carbocycles. The van der Waals surface area contributed by atoms with E-state index in [2.05, 4.69) is 20.4 Å². The Labute approximate surface area is 149 Å². The number of hydrogen-bond acceptors (Lipinski definition) is 5. The van der Waals surface area contributed by atoms with Crippen LogP contribution in [-0.2, 0) is 0 Å². The summed E-state index contributed by atoms with van der Waals surface area (Å²) in [7, 11) is 1.44. The fourth-order valence-corrected chi connectivity index (χ4v) is 3.45. The number of fused-ring (bicyclic) bond motifs is 1. The maximum Gasteiger partial charge on any atom is 0.257 e. The van der Waals surface area contributed by atoms with E-state index < -0.39 is 11.6 Å². The smallest absolute Gasteiger partial charge is 0.257 e. The number of halogens is 2. The van der Waals surface area contributed by atoms with Crippen molar-refractivity contribution in [2.45, 2.75) is 38.6 Å². The number of rotatable bonds is 4. The first kappa shape index (κ1) is 16.7. The quantitative estimate of drug-likeness (QED) is 0.769. The topological polar surface area (TPSA) is 64.3 Å². The van der Waals surface area contributed by atoms with Gasteiger partial charge in [0.25, 0.3) is 5.78 Å². The van der Waals surface area contributed by atoms with Crippen molar-refractivity contribution in [3.8, 4) is 17.0 Å². The first-order chi connectivity index (χ1) is 12.6. The fourth-order valence-electron chi connectivity index (χ4n) is 3.45. The number of hydrogen-bond donors (Lipinski definition) is 1. The molecule has 3 aromatic rings. The second-order valence-corrected chi connectivity index (χ2v) is 6.52. The molecule has 2 aromatic heterocycles. The van der Waals surface area contributed by atoms with Crippen molar-refractivity contribution in [3.63, 3.8) is 0 Å². The molecule has 0 atom stereocenters. The number of benzene rings is 1. The van der Waals surface area contributed by atoms with E-state index in [1.165, 1.54) is 37.0 Å². The Kier molecular flexibility index (Phi) is 4.18. The van der Waals surface area contributed by atoms with Gasteiger partial charge >= 0.3 is 0 Å². The van der Waals surface area contributed by atoms with Gasteiger partial charge < -0.3 is 10.1 Å². The molecule has 2 heterocycles. The van der Waals surface area contributed by atoms with Crippen LogP contribution in [0.4, 0.5) is 14.6 Å². The molecule has 1 aliphatic rings. The van der Waals surface area contributed by atoms with Crippen molar-refractivity contribution < 1.29 is 13.5 Å². The molecule has 1 fully saturated rings. The van der Waals surface area contributed by atoms with Crippen LogP contribution in [0.1, 0.15) is 31.2 Å². The highest BCUT2D eigenvalue weighted by Crippen LogP contribution is 2.39. The van der Waals surface area contributed by atoms with Gasteiger partial charge in [0.15, 0.2) is 0 Å². The van der Waals surface area contributed by atoms with Crippen molar-refractivity contribution in [2.75, 3.05) is 12.4 Å². The molecular weight excluding hydrogens is 340 g/mol. The summed E-state index contributed by atoms with van der Waals surface area (Å²) in [6.45, 7) is 1.52. The zero-order valence-corrected chi connectivity index (χ0v) is 14.6. The second kappa shape index (κ2) is 6.51. The van der Waals surface area contributed by atoms with Crippen LogP contribution >= 0.6 is 0 Å². The van der Waals surface area contributed by atoms with Crippen molar-refractivity contribution in [1.82, 2.24) is 19.6 Å². The van der Waals surface area contributed by atoms with Crippen LogP contribution in [-0.4, -0.2) is 32.7 Å². The largest absolute Gasteiger partial charge is 0.480 e. The lowest BCUT2D eigenvalue weighted by atomic mass is 10.0. The lowest BCUT2D eigenvalue weighted by Gasteiger charge is -2.20. The van der Waals surface area contributed by atoms with Crippen molar-refractivity contribution in [1.29, 1.82) is 0 Å². The highest BCUT2D eigenvalue weighted by molar-refractivity contribution is 5.82. The Bertz CT molecular complexity index is 966. The third kappa shape index (κ3) is 2.75. The van der Waals surface area contributed by atoms with E-state index in [1.807, 2.05) is 0 Å². The van der Waals surface area contributed by atoms with Crippen LogP contribution in [0.2, 0.25) is 0 Å². The lowest BCUT2D eigenvalue weighted by molar-refractivity contribution is 0.399. The monoisotopic (exact) mass is 359 g/mol. The van der Waals surface area contributed by atoms with Gasteiger partial charge in [-0.3, -0.25) is 0 Å². The molecule has 4 rings (SSSR count). The standard InChI is InChI=1S/C18H19F2N5O/c1-10-7-14(20)12(8-13(10)19)15-16(23-11-5-3-4-6-11)25-18(21-9-22-25)24-17(15)26-2/h7-9,11,23H,3-6H2,1-2H3. The summed E-state index contributed by atoms with van der Waals surface area (Å²) in [6.07, 6.45) is 5.64. The Morgan fingerprint density at radius 3 is 2.69 bits per heavy atom. The number of aromatic nitrogens is 4. The van der Waals surface area contributed by atoms with Crippen molar-refractivity contribution >= 4 is 11.6 Å². The summed E-state index contributed by atoms with van der Waals surface area (Å²) >= 11 is 0. The number of aryl methyl sites for hydroxylation is 1. The minimum absolute atomic E-state index is 0.0790. The molecule has 0 bridgehead atoms. The van der Waals surface area contributed by atoms with Gasteiger partial charge in [0.2, 0.25) is 5.88 Å². The number of nitrogens with zero attached hydrogens (tertiary/aromatic N) is 4. The molecule has 0 spiro atoms. The molecule has 1 aliphatic carbocycles. The average Bonchev–Trinajstić information content (AvgIpc) is 3.29. The third-order valence-electron chi connectivity index (χ3n) is 4.80. The van der Waals surface area contributed by atoms with E-state index in [0.717, 1.165) is 25.7 Å². The highest BCUT2D eigenvalue weighted by Gasteiger charge is 2.25. The zero-order valence-electron chi connectivity index (χ0n) is 14.6. The summed E-state index contributed by atoms with van der Waals surface area (Å²) in [5.41, 5.74) is 0.662. The molecule has 6 nitrogen and oxygen atoms in total. The van der Waals surface area contributed by atoms with Gasteiger partial charge in [-0.05, 0) is 37.5 Å². The number of nitrogens with one attached hydrogen (secondary N) is 1. The average molecular weight is 359 g/mol. The summed E-state index contributed by atoms with van der Waals surface area (Å²) in [4.78, 5) is 8.40. The molecule has 0 aliphatic heterocycles. The second-order valence-electron chi connectivity index (χ2n) is 6.52. The normalized spacial score (nSPS) is 14.9. The van der Waals surface area contributed by atoms with Gasteiger partial charge in [-0.25, -0.2) is 8.78 Å². The lowest BCUT2D eigenvalue weighted by Crippen LogP contribution is -2.19. The van der Waals surface area contributed by atoms with Crippen LogP contribution in [0.25, 0.3) is 16.9 Å². The van der Waals surface area contributed by atoms with Crippen LogP contribution in [0.15, 0.2) is 18.5 Å². The molecule has 1 aromatic carbocycles. The number of anilines is 1. The number of methoxy groups -OCH3 is 1. The molecule has 0 amide bonds. The first-order valence-corrected chi connectivity index (χ1v) is 8.58. The Hall–Kier alpha value is -2.77.